The molecule has 94 valence electrons. The highest BCUT2D eigenvalue weighted by atomic mass is 32.1. The Morgan fingerprint density at radius 2 is 2.24 bits per heavy atom. The van der Waals surface area contributed by atoms with Crippen LogP contribution in [0.15, 0.2) is 22.8 Å². The second kappa shape index (κ2) is 7.84. The van der Waals surface area contributed by atoms with Gasteiger partial charge in [-0.1, -0.05) is 26.2 Å². The number of hydrogen-bond donors (Lipinski definition) is 2. The molecule has 1 aromatic rings. The normalized spacial score (nSPS) is 9.94. The van der Waals surface area contributed by atoms with E-state index >= 15 is 0 Å². The monoisotopic (exact) mass is 254 g/mol. The Morgan fingerprint density at radius 3 is 2.88 bits per heavy atom. The van der Waals surface area contributed by atoms with E-state index in [9.17, 15) is 4.79 Å². The Labute approximate surface area is 107 Å². The molecule has 0 atom stereocenters. The van der Waals surface area contributed by atoms with Crippen LogP contribution in [0, 0.1) is 0 Å². The molecule has 0 aliphatic heterocycles. The molecule has 0 aliphatic carbocycles. The number of unbranched alkanes of at least 4 members (excludes halogenated alkanes) is 3. The third-order valence-corrected chi connectivity index (χ3v) is 2.53. The highest BCUT2D eigenvalue weighted by molar-refractivity contribution is 7.80. The van der Waals surface area contributed by atoms with E-state index in [0.29, 0.717) is 5.11 Å². The van der Waals surface area contributed by atoms with Crippen LogP contribution in [0.1, 0.15) is 43.2 Å². The van der Waals surface area contributed by atoms with Gasteiger partial charge in [-0.3, -0.25) is 10.1 Å². The third-order valence-electron chi connectivity index (χ3n) is 2.29. The molecule has 1 amide bonds. The third kappa shape index (κ3) is 5.49. The molecular formula is C12H18N2O2S. The average molecular weight is 254 g/mol. The Balaban J connectivity index is 2.15. The molecule has 0 aliphatic rings. The fourth-order valence-electron chi connectivity index (χ4n) is 1.37. The highest BCUT2D eigenvalue weighted by Gasteiger charge is 2.09. The lowest BCUT2D eigenvalue weighted by molar-refractivity contribution is 0.0949. The Kier molecular flexibility index (Phi) is 6.32. The summed E-state index contributed by atoms with van der Waals surface area (Å²) >= 11 is 5.00. The first-order valence-corrected chi connectivity index (χ1v) is 6.27. The fourth-order valence-corrected chi connectivity index (χ4v) is 1.57. The van der Waals surface area contributed by atoms with Gasteiger partial charge in [0.05, 0.1) is 6.26 Å². The topological polar surface area (TPSA) is 54.3 Å². The predicted molar refractivity (Wildman–Crippen MR) is 70.9 cm³/mol. The minimum absolute atomic E-state index is 0.264. The number of thiocarbonyl (C=S) groups is 1. The first-order chi connectivity index (χ1) is 8.24. The minimum Gasteiger partial charge on any atom is -0.459 e. The van der Waals surface area contributed by atoms with Gasteiger partial charge >= 0.3 is 0 Å². The van der Waals surface area contributed by atoms with E-state index in [4.69, 9.17) is 16.6 Å². The molecule has 0 spiro atoms. The molecule has 0 unspecified atom stereocenters. The summed E-state index contributed by atoms with van der Waals surface area (Å²) in [5, 5.41) is 5.90. The molecule has 1 aromatic heterocycles. The number of rotatable bonds is 6. The maximum atomic E-state index is 11.5. The van der Waals surface area contributed by atoms with Crippen LogP contribution in [0.25, 0.3) is 0 Å². The van der Waals surface area contributed by atoms with Gasteiger partial charge in [-0.15, -0.1) is 0 Å². The van der Waals surface area contributed by atoms with Crippen LogP contribution in [0.4, 0.5) is 0 Å². The lowest BCUT2D eigenvalue weighted by Gasteiger charge is -2.07. The van der Waals surface area contributed by atoms with E-state index in [0.717, 1.165) is 13.0 Å². The number of amides is 1. The number of hydrogen-bond acceptors (Lipinski definition) is 3. The first kappa shape index (κ1) is 13.7. The van der Waals surface area contributed by atoms with E-state index in [2.05, 4.69) is 17.6 Å². The Morgan fingerprint density at radius 1 is 1.41 bits per heavy atom. The van der Waals surface area contributed by atoms with E-state index < -0.39 is 0 Å². The Hall–Kier alpha value is -1.36. The number of carbonyl (C=O) groups excluding carboxylic acids is 1. The maximum Gasteiger partial charge on any atom is 0.293 e. The van der Waals surface area contributed by atoms with Crippen molar-refractivity contribution in [2.45, 2.75) is 32.6 Å². The van der Waals surface area contributed by atoms with Crippen LogP contribution in [0.3, 0.4) is 0 Å². The van der Waals surface area contributed by atoms with Crippen molar-refractivity contribution in [3.8, 4) is 0 Å². The van der Waals surface area contributed by atoms with E-state index in [-0.39, 0.29) is 11.7 Å². The summed E-state index contributed by atoms with van der Waals surface area (Å²) < 4.78 is 4.95. The van der Waals surface area contributed by atoms with Crippen molar-refractivity contribution in [1.82, 2.24) is 10.6 Å². The summed E-state index contributed by atoms with van der Waals surface area (Å²) in [4.78, 5) is 11.5. The van der Waals surface area contributed by atoms with Crippen LogP contribution in [-0.4, -0.2) is 17.6 Å². The smallest absolute Gasteiger partial charge is 0.293 e. The highest BCUT2D eigenvalue weighted by Crippen LogP contribution is 1.99. The molecule has 0 fully saturated rings. The van der Waals surface area contributed by atoms with Gasteiger partial charge in [0.25, 0.3) is 5.91 Å². The van der Waals surface area contributed by atoms with E-state index in [1.165, 1.54) is 25.5 Å². The van der Waals surface area contributed by atoms with Crippen molar-refractivity contribution in [2.24, 2.45) is 0 Å². The SMILES string of the molecule is CCCCCCNC(=S)NC(=O)c1ccco1. The molecule has 4 nitrogen and oxygen atoms in total. The summed E-state index contributed by atoms with van der Waals surface area (Å²) in [6.07, 6.45) is 6.13. The van der Waals surface area contributed by atoms with Gasteiger partial charge in [0.15, 0.2) is 10.9 Å². The summed E-state index contributed by atoms with van der Waals surface area (Å²) in [5.41, 5.74) is 0. The molecule has 0 aromatic carbocycles. The van der Waals surface area contributed by atoms with Crippen molar-refractivity contribution in [3.05, 3.63) is 24.2 Å². The van der Waals surface area contributed by atoms with Gasteiger partial charge in [0.1, 0.15) is 0 Å². The first-order valence-electron chi connectivity index (χ1n) is 5.86. The van der Waals surface area contributed by atoms with E-state index in [1.807, 2.05) is 0 Å². The molecular weight excluding hydrogens is 236 g/mol. The van der Waals surface area contributed by atoms with Gasteiger partial charge in [0.2, 0.25) is 0 Å². The lowest BCUT2D eigenvalue weighted by Crippen LogP contribution is -2.39. The number of carbonyl (C=O) groups is 1. The summed E-state index contributed by atoms with van der Waals surface area (Å²) in [6.45, 7) is 2.96. The minimum atomic E-state index is -0.318. The van der Waals surface area contributed by atoms with Crippen molar-refractivity contribution < 1.29 is 9.21 Å². The molecule has 0 radical (unpaired) electrons. The summed E-state index contributed by atoms with van der Waals surface area (Å²) in [6, 6.07) is 3.26. The summed E-state index contributed by atoms with van der Waals surface area (Å²) in [5.74, 6) is -0.0545. The second-order valence-electron chi connectivity index (χ2n) is 3.75. The zero-order chi connectivity index (χ0) is 12.5. The number of nitrogens with one attached hydrogen (secondary N) is 2. The van der Waals surface area contributed by atoms with Crippen LogP contribution >= 0.6 is 12.2 Å². The zero-order valence-electron chi connectivity index (χ0n) is 9.99. The van der Waals surface area contributed by atoms with Crippen molar-refractivity contribution in [3.63, 3.8) is 0 Å². The van der Waals surface area contributed by atoms with Crippen LogP contribution in [0.5, 0.6) is 0 Å². The molecule has 1 heterocycles. The standard InChI is InChI=1S/C12H18N2O2S/c1-2-3-4-5-8-13-12(17)14-11(15)10-7-6-9-16-10/h6-7,9H,2-5,8H2,1H3,(H2,13,14,15,17). The van der Waals surface area contributed by atoms with Crippen LogP contribution < -0.4 is 10.6 Å². The quantitative estimate of drug-likeness (QED) is 0.605. The van der Waals surface area contributed by atoms with E-state index in [1.54, 1.807) is 12.1 Å². The molecule has 2 N–H and O–H groups in total. The van der Waals surface area contributed by atoms with Crippen molar-refractivity contribution in [2.75, 3.05) is 6.54 Å². The zero-order valence-corrected chi connectivity index (χ0v) is 10.8. The van der Waals surface area contributed by atoms with Crippen LogP contribution in [-0.2, 0) is 0 Å². The largest absolute Gasteiger partial charge is 0.459 e. The van der Waals surface area contributed by atoms with Gasteiger partial charge in [-0.05, 0) is 30.8 Å². The molecule has 1 rings (SSSR count). The maximum absolute atomic E-state index is 11.5. The molecule has 0 saturated heterocycles. The van der Waals surface area contributed by atoms with Crippen LogP contribution in [0.2, 0.25) is 0 Å². The predicted octanol–water partition coefficient (Wildman–Crippen LogP) is 2.46. The Bertz CT molecular complexity index is 349. The summed E-state index contributed by atoms with van der Waals surface area (Å²) in [7, 11) is 0. The fraction of sp³-hybridized carbons (Fsp3) is 0.500. The van der Waals surface area contributed by atoms with Gasteiger partial charge in [-0.2, -0.15) is 0 Å². The molecule has 5 heteroatoms. The number of furan rings is 1. The van der Waals surface area contributed by atoms with Gasteiger partial charge in [-0.25, -0.2) is 0 Å². The van der Waals surface area contributed by atoms with Gasteiger partial charge in [0, 0.05) is 6.54 Å². The average Bonchev–Trinajstić information content (AvgIpc) is 2.82. The molecule has 0 bridgehead atoms. The lowest BCUT2D eigenvalue weighted by atomic mass is 10.2. The molecule has 17 heavy (non-hydrogen) atoms. The molecule has 0 saturated carbocycles. The van der Waals surface area contributed by atoms with Crippen molar-refractivity contribution >= 4 is 23.2 Å². The van der Waals surface area contributed by atoms with Crippen molar-refractivity contribution in [1.29, 1.82) is 0 Å². The second-order valence-corrected chi connectivity index (χ2v) is 4.16. The van der Waals surface area contributed by atoms with Gasteiger partial charge < -0.3 is 9.73 Å².